The summed E-state index contributed by atoms with van der Waals surface area (Å²) in [5.74, 6) is -1.99. The lowest BCUT2D eigenvalue weighted by Gasteiger charge is -2.28. The van der Waals surface area contributed by atoms with Crippen molar-refractivity contribution in [3.05, 3.63) is 53.1 Å². The number of anilines is 1. The minimum absolute atomic E-state index is 0.0200. The van der Waals surface area contributed by atoms with Crippen LogP contribution in [0.1, 0.15) is 29.7 Å². The van der Waals surface area contributed by atoms with Crippen LogP contribution in [0.5, 0.6) is 5.75 Å². The highest BCUT2D eigenvalue weighted by molar-refractivity contribution is 7.54. The van der Waals surface area contributed by atoms with Gasteiger partial charge in [-0.3, -0.25) is 13.9 Å². The molecule has 0 spiro atoms. The highest BCUT2D eigenvalue weighted by atomic mass is 31.2. The maximum Gasteiger partial charge on any atom is 0.380 e. The molecule has 1 aliphatic rings. The summed E-state index contributed by atoms with van der Waals surface area (Å²) in [6, 6.07) is 8.74. The summed E-state index contributed by atoms with van der Waals surface area (Å²) in [6.45, 7) is -0.275. The van der Waals surface area contributed by atoms with E-state index in [1.807, 2.05) is 0 Å². The van der Waals surface area contributed by atoms with Crippen LogP contribution < -0.4 is 15.9 Å². The van der Waals surface area contributed by atoms with E-state index in [2.05, 4.69) is 4.98 Å². The Labute approximate surface area is 215 Å². The van der Waals surface area contributed by atoms with Crippen molar-refractivity contribution in [2.45, 2.75) is 50.9 Å². The minimum atomic E-state index is -4.59. The van der Waals surface area contributed by atoms with Crippen LogP contribution in [0.25, 0.3) is 0 Å². The Morgan fingerprint density at radius 2 is 2.03 bits per heavy atom. The van der Waals surface area contributed by atoms with Gasteiger partial charge in [0.05, 0.1) is 27.5 Å². The number of alkyl halides is 1. The first-order valence-electron chi connectivity index (χ1n) is 12.3. The van der Waals surface area contributed by atoms with Crippen LogP contribution in [0.15, 0.2) is 47.4 Å². The van der Waals surface area contributed by atoms with Gasteiger partial charge in [-0.2, -0.15) is 4.98 Å². The molecular formula is C23H31FN3O9P. The van der Waals surface area contributed by atoms with Crippen molar-refractivity contribution in [2.75, 3.05) is 25.1 Å². The highest BCUT2D eigenvalue weighted by Crippen LogP contribution is 2.51. The van der Waals surface area contributed by atoms with Crippen molar-refractivity contribution < 1.29 is 45.2 Å². The van der Waals surface area contributed by atoms with Gasteiger partial charge in [0.2, 0.25) is 0 Å². The van der Waals surface area contributed by atoms with Crippen LogP contribution in [0.2, 0.25) is 0 Å². The number of halogens is 1. The van der Waals surface area contributed by atoms with E-state index in [1.54, 1.807) is 32.0 Å². The molecule has 37 heavy (non-hydrogen) atoms. The molecule has 6 atom stereocenters. The van der Waals surface area contributed by atoms with Crippen LogP contribution in [0.3, 0.4) is 0 Å². The molecule has 0 saturated carbocycles. The van der Waals surface area contributed by atoms with E-state index in [0.29, 0.717) is 4.57 Å². The van der Waals surface area contributed by atoms with E-state index >= 15 is 0 Å². The van der Waals surface area contributed by atoms with Crippen LogP contribution in [0.4, 0.5) is 10.2 Å². The van der Waals surface area contributed by atoms with E-state index in [4.69, 9.17) is 27.0 Å². The number of nitrogens with zero attached hydrogens (tertiary/aromatic N) is 2. The Hall–Kier alpha value is -2.83. The number of hydrogen-bond acceptors (Lipinski definition) is 11. The first kappa shape index (κ1) is 25.8. The number of aliphatic hydroxyl groups excluding tert-OH is 1. The van der Waals surface area contributed by atoms with Gasteiger partial charge in [0, 0.05) is 6.20 Å². The molecule has 204 valence electrons. The maximum atomic E-state index is 14.1. The smallest absolute Gasteiger partial charge is 0.380 e. The Morgan fingerprint density at radius 3 is 2.62 bits per heavy atom. The molecule has 0 amide bonds. The quantitative estimate of drug-likeness (QED) is 0.277. The number of ether oxygens (including phenoxy) is 2. The first-order valence-corrected chi connectivity index (χ1v) is 13.1. The zero-order valence-corrected chi connectivity index (χ0v) is 21.3. The molecule has 2 heterocycles. The predicted octanol–water partition coefficient (Wildman–Crippen LogP) is 1.66. The summed E-state index contributed by atoms with van der Waals surface area (Å²) in [7, 11) is -4.59. The summed E-state index contributed by atoms with van der Waals surface area (Å²) in [5, 5.41) is 21.7. The molecule has 0 bridgehead atoms. The van der Waals surface area contributed by atoms with Crippen LogP contribution in [-0.4, -0.2) is 69.0 Å². The van der Waals surface area contributed by atoms with E-state index < -0.39 is 74.7 Å². The lowest BCUT2D eigenvalue weighted by Crippen LogP contribution is -2.50. The van der Waals surface area contributed by atoms with Crippen molar-refractivity contribution in [3.63, 3.8) is 0 Å². The number of nitrogens with two attached hydrogens (primary N) is 1. The molecule has 1 fully saturated rings. The van der Waals surface area contributed by atoms with Crippen molar-refractivity contribution in [1.82, 2.24) is 9.55 Å². The zero-order chi connectivity index (χ0) is 29.2. The van der Waals surface area contributed by atoms with Gasteiger partial charge in [-0.05, 0) is 32.0 Å². The van der Waals surface area contributed by atoms with Gasteiger partial charge < -0.3 is 29.9 Å². The second-order valence-corrected chi connectivity index (χ2v) is 10.8. The van der Waals surface area contributed by atoms with Gasteiger partial charge in [0.1, 0.15) is 30.4 Å². The van der Waals surface area contributed by atoms with Gasteiger partial charge in [-0.1, -0.05) is 25.1 Å². The third-order valence-electron chi connectivity index (χ3n) is 5.37. The van der Waals surface area contributed by atoms with E-state index in [0.717, 1.165) is 12.3 Å². The monoisotopic (exact) mass is 545 g/mol. The molecule has 1 aromatic heterocycles. The standard InChI is InChI=1S/C23H31FN3O9P/c1-14(2)34-20(29)15(3)12-37(32,36-16-7-5-4-6-8-16)33-11-17-19(28)23(31,13-24)21(35-17)27-10-9-18(25)26-22(27)30/h4-10,14-15,17,19,21,28,31H,11-13H2,1-3H3,(H2,25,26,30)/t15-,17-,19+,21-,23?,37-/m1/s1/i11D2. The van der Waals surface area contributed by atoms with E-state index in [9.17, 15) is 28.8 Å². The summed E-state index contributed by atoms with van der Waals surface area (Å²) in [6.07, 6.45) is -6.57. The fraction of sp³-hybridized carbons (Fsp3) is 0.522. The summed E-state index contributed by atoms with van der Waals surface area (Å²) < 4.78 is 66.9. The largest absolute Gasteiger partial charge is 0.463 e. The summed E-state index contributed by atoms with van der Waals surface area (Å²) in [5.41, 5.74) is 1.56. The SMILES string of the molecule is [2H]C([2H])(O[P@](=O)(C[C@@H](C)C(=O)OC(C)C)Oc1ccccc1)[C@H]1O[C@@H](n2ccc(N)nc2=O)C(O)(CF)[C@H]1O. The van der Waals surface area contributed by atoms with Crippen molar-refractivity contribution in [1.29, 1.82) is 0 Å². The Bertz CT molecular complexity index is 1270. The Kier molecular flexibility index (Phi) is 8.16. The summed E-state index contributed by atoms with van der Waals surface area (Å²) >= 11 is 0. The molecule has 14 heteroatoms. The van der Waals surface area contributed by atoms with Crippen LogP contribution in [-0.2, 0) is 23.4 Å². The van der Waals surface area contributed by atoms with Gasteiger partial charge in [-0.15, -0.1) is 0 Å². The highest BCUT2D eigenvalue weighted by Gasteiger charge is 2.57. The molecule has 0 radical (unpaired) electrons. The first-order chi connectivity index (χ1) is 18.1. The lowest BCUT2D eigenvalue weighted by molar-refractivity contribution is -0.151. The van der Waals surface area contributed by atoms with E-state index in [-0.39, 0.29) is 11.6 Å². The molecule has 2 aromatic rings. The second kappa shape index (κ2) is 11.7. The fourth-order valence-electron chi connectivity index (χ4n) is 3.51. The number of hydrogen-bond donors (Lipinski definition) is 3. The number of aliphatic hydroxyl groups is 2. The number of carbonyl (C=O) groups excluding carboxylic acids is 1. The number of benzene rings is 1. The van der Waals surface area contributed by atoms with Gasteiger partial charge in [-0.25, -0.2) is 13.8 Å². The zero-order valence-electron chi connectivity index (χ0n) is 22.4. The third kappa shape index (κ3) is 6.74. The van der Waals surface area contributed by atoms with Crippen molar-refractivity contribution in [2.24, 2.45) is 5.92 Å². The maximum absolute atomic E-state index is 14.1. The molecular weight excluding hydrogens is 512 g/mol. The average Bonchev–Trinajstić information content (AvgIpc) is 3.10. The molecule has 1 saturated heterocycles. The Balaban J connectivity index is 1.95. The average molecular weight is 545 g/mol. The number of para-hydroxylation sites is 1. The summed E-state index contributed by atoms with van der Waals surface area (Å²) in [4.78, 5) is 28.2. The molecule has 4 N–H and O–H groups in total. The van der Waals surface area contributed by atoms with Gasteiger partial charge in [0.25, 0.3) is 0 Å². The molecule has 1 aliphatic heterocycles. The van der Waals surface area contributed by atoms with Crippen molar-refractivity contribution in [3.8, 4) is 5.75 Å². The predicted molar refractivity (Wildman–Crippen MR) is 130 cm³/mol. The molecule has 3 rings (SSSR count). The second-order valence-electron chi connectivity index (χ2n) is 8.81. The topological polar surface area (TPSA) is 172 Å². The number of rotatable bonds is 11. The molecule has 0 aliphatic carbocycles. The van der Waals surface area contributed by atoms with E-state index in [1.165, 1.54) is 19.1 Å². The number of nitrogen functional groups attached to an aromatic ring is 1. The van der Waals surface area contributed by atoms with Crippen LogP contribution >= 0.6 is 7.60 Å². The normalized spacial score (nSPS) is 27.2. The molecule has 1 unspecified atom stereocenters. The molecule has 1 aromatic carbocycles. The fourth-order valence-corrected chi connectivity index (χ4v) is 5.23. The third-order valence-corrected chi connectivity index (χ3v) is 7.24. The number of carbonyl (C=O) groups is 1. The van der Waals surface area contributed by atoms with Crippen LogP contribution in [0, 0.1) is 5.92 Å². The minimum Gasteiger partial charge on any atom is -0.463 e. The Morgan fingerprint density at radius 1 is 1.35 bits per heavy atom. The van der Waals surface area contributed by atoms with Gasteiger partial charge >= 0.3 is 19.3 Å². The molecule has 12 nitrogen and oxygen atoms in total. The van der Waals surface area contributed by atoms with Gasteiger partial charge in [0.15, 0.2) is 11.8 Å². The number of aromatic nitrogens is 2. The van der Waals surface area contributed by atoms with Crippen molar-refractivity contribution >= 4 is 19.4 Å². The number of esters is 1. The lowest BCUT2D eigenvalue weighted by atomic mass is 9.95.